The molecule has 156 valence electrons. The quantitative estimate of drug-likeness (QED) is 0.503. The van der Waals surface area contributed by atoms with Crippen molar-refractivity contribution >= 4 is 5.96 Å². The fourth-order valence-electron chi connectivity index (χ4n) is 3.76. The van der Waals surface area contributed by atoms with Crippen molar-refractivity contribution in [2.75, 3.05) is 33.3 Å². The van der Waals surface area contributed by atoms with Crippen LogP contribution < -0.4 is 10.6 Å². The van der Waals surface area contributed by atoms with Gasteiger partial charge in [0.1, 0.15) is 0 Å². The van der Waals surface area contributed by atoms with Gasteiger partial charge >= 0.3 is 0 Å². The average Bonchev–Trinajstić information content (AvgIpc) is 3.30. The maximum atomic E-state index is 5.46. The number of nitrogens with zero attached hydrogens (tertiary/aromatic N) is 2. The summed E-state index contributed by atoms with van der Waals surface area (Å²) in [6.07, 6.45) is 2.57. The Morgan fingerprint density at radius 3 is 2.34 bits per heavy atom. The number of hydrogen-bond donors (Lipinski definition) is 2. The summed E-state index contributed by atoms with van der Waals surface area (Å²) in [5.74, 6) is 0.837. The fraction of sp³-hybridized carbons (Fsp3) is 0.458. The molecule has 1 saturated heterocycles. The predicted molar refractivity (Wildman–Crippen MR) is 120 cm³/mol. The van der Waals surface area contributed by atoms with E-state index in [9.17, 15) is 0 Å². The molecule has 0 aromatic heterocycles. The molecule has 0 radical (unpaired) electrons. The third-order valence-corrected chi connectivity index (χ3v) is 5.41. The number of guanidine groups is 1. The first-order chi connectivity index (χ1) is 14.3. The van der Waals surface area contributed by atoms with Gasteiger partial charge in [0, 0.05) is 26.7 Å². The number of nitrogens with one attached hydrogen (secondary N) is 2. The van der Waals surface area contributed by atoms with Gasteiger partial charge in [-0.15, -0.1) is 0 Å². The maximum Gasteiger partial charge on any atom is 0.191 e. The van der Waals surface area contributed by atoms with Crippen molar-refractivity contribution in [3.05, 3.63) is 71.3 Å². The Balaban J connectivity index is 1.53. The van der Waals surface area contributed by atoms with E-state index < -0.39 is 0 Å². The van der Waals surface area contributed by atoms with Gasteiger partial charge in [0.2, 0.25) is 0 Å². The molecule has 2 aromatic carbocycles. The second-order valence-corrected chi connectivity index (χ2v) is 7.43. The summed E-state index contributed by atoms with van der Waals surface area (Å²) in [6.45, 7) is 7.36. The first-order valence-corrected chi connectivity index (χ1v) is 10.7. The van der Waals surface area contributed by atoms with E-state index in [4.69, 9.17) is 4.74 Å². The zero-order valence-corrected chi connectivity index (χ0v) is 17.7. The first-order valence-electron chi connectivity index (χ1n) is 10.7. The second kappa shape index (κ2) is 11.6. The predicted octanol–water partition coefficient (Wildman–Crippen LogP) is 3.73. The SMILES string of the molecule is CCOCc1ccc(CNC(=NC)NCC(c2ccccc2)N2CCCC2)cc1. The van der Waals surface area contributed by atoms with Crippen LogP contribution in [0.1, 0.15) is 42.5 Å². The van der Waals surface area contributed by atoms with Gasteiger partial charge in [-0.25, -0.2) is 0 Å². The summed E-state index contributed by atoms with van der Waals surface area (Å²) in [4.78, 5) is 6.99. The van der Waals surface area contributed by atoms with Gasteiger partial charge in [0.15, 0.2) is 5.96 Å². The Morgan fingerprint density at radius 2 is 1.69 bits per heavy atom. The standard InChI is InChI=1S/C24H34N4O/c1-3-29-19-21-13-11-20(12-14-21)17-26-24(25-2)27-18-23(28-15-7-8-16-28)22-9-5-4-6-10-22/h4-6,9-14,23H,3,7-8,15-19H2,1-2H3,(H2,25,26,27). The van der Waals surface area contributed by atoms with Gasteiger partial charge in [-0.05, 0) is 49.5 Å². The lowest BCUT2D eigenvalue weighted by atomic mass is 10.1. The minimum atomic E-state index is 0.370. The summed E-state index contributed by atoms with van der Waals surface area (Å²) >= 11 is 0. The van der Waals surface area contributed by atoms with Gasteiger partial charge in [-0.2, -0.15) is 0 Å². The fourth-order valence-corrected chi connectivity index (χ4v) is 3.76. The Hall–Kier alpha value is -2.37. The molecule has 5 nitrogen and oxygen atoms in total. The monoisotopic (exact) mass is 394 g/mol. The zero-order chi connectivity index (χ0) is 20.3. The lowest BCUT2D eigenvalue weighted by molar-refractivity contribution is 0.134. The molecule has 0 saturated carbocycles. The Kier molecular flexibility index (Phi) is 8.53. The maximum absolute atomic E-state index is 5.46. The van der Waals surface area contributed by atoms with Crippen LogP contribution in [-0.2, 0) is 17.9 Å². The summed E-state index contributed by atoms with van der Waals surface area (Å²) in [5, 5.41) is 6.97. The summed E-state index contributed by atoms with van der Waals surface area (Å²) in [5.41, 5.74) is 3.80. The number of hydrogen-bond acceptors (Lipinski definition) is 3. The Bertz CT molecular complexity index is 739. The van der Waals surface area contributed by atoms with Gasteiger partial charge in [0.25, 0.3) is 0 Å². The number of aliphatic imine (C=N–C) groups is 1. The molecular weight excluding hydrogens is 360 g/mol. The minimum absolute atomic E-state index is 0.370. The Morgan fingerprint density at radius 1 is 1.00 bits per heavy atom. The van der Waals surface area contributed by atoms with Crippen molar-refractivity contribution in [3.63, 3.8) is 0 Å². The van der Waals surface area contributed by atoms with Crippen LogP contribution in [0.2, 0.25) is 0 Å². The molecule has 1 heterocycles. The minimum Gasteiger partial charge on any atom is -0.377 e. The molecular formula is C24H34N4O. The van der Waals surface area contributed by atoms with E-state index in [0.29, 0.717) is 12.6 Å². The topological polar surface area (TPSA) is 48.9 Å². The molecule has 1 unspecified atom stereocenters. The van der Waals surface area contributed by atoms with Crippen molar-refractivity contribution in [1.29, 1.82) is 0 Å². The van der Waals surface area contributed by atoms with Crippen molar-refractivity contribution in [2.45, 2.75) is 39.0 Å². The molecule has 1 fully saturated rings. The van der Waals surface area contributed by atoms with Gasteiger partial charge in [-0.3, -0.25) is 9.89 Å². The molecule has 5 heteroatoms. The van der Waals surface area contributed by atoms with Gasteiger partial charge in [-0.1, -0.05) is 54.6 Å². The third-order valence-electron chi connectivity index (χ3n) is 5.41. The number of benzene rings is 2. The first kappa shape index (κ1) is 21.3. The number of likely N-dealkylation sites (tertiary alicyclic amines) is 1. The molecule has 1 atom stereocenters. The van der Waals surface area contributed by atoms with E-state index in [1.54, 1.807) is 0 Å². The highest BCUT2D eigenvalue weighted by Crippen LogP contribution is 2.24. The molecule has 1 aliphatic heterocycles. The van der Waals surface area contributed by atoms with Crippen molar-refractivity contribution in [1.82, 2.24) is 15.5 Å². The third kappa shape index (κ3) is 6.58. The molecule has 0 aliphatic carbocycles. The molecule has 3 rings (SSSR count). The molecule has 2 aromatic rings. The van der Waals surface area contributed by atoms with E-state index in [0.717, 1.165) is 25.7 Å². The summed E-state index contributed by atoms with van der Waals surface area (Å²) < 4.78 is 5.46. The van der Waals surface area contributed by atoms with E-state index in [2.05, 4.69) is 75.1 Å². The van der Waals surface area contributed by atoms with Crippen LogP contribution in [0.15, 0.2) is 59.6 Å². The van der Waals surface area contributed by atoms with Crippen molar-refractivity contribution in [2.24, 2.45) is 4.99 Å². The number of rotatable bonds is 9. The van der Waals surface area contributed by atoms with Gasteiger partial charge < -0.3 is 15.4 Å². The lowest BCUT2D eigenvalue weighted by Gasteiger charge is -2.29. The van der Waals surface area contributed by atoms with Gasteiger partial charge in [0.05, 0.1) is 12.6 Å². The smallest absolute Gasteiger partial charge is 0.191 e. The number of ether oxygens (including phenoxy) is 1. The molecule has 2 N–H and O–H groups in total. The summed E-state index contributed by atoms with van der Waals surface area (Å²) in [6, 6.07) is 19.7. The van der Waals surface area contributed by atoms with E-state index >= 15 is 0 Å². The molecule has 0 bridgehead atoms. The lowest BCUT2D eigenvalue weighted by Crippen LogP contribution is -2.42. The van der Waals surface area contributed by atoms with Crippen LogP contribution in [0.25, 0.3) is 0 Å². The molecule has 0 spiro atoms. The normalized spacial score (nSPS) is 16.0. The van der Waals surface area contributed by atoms with E-state index in [-0.39, 0.29) is 0 Å². The Labute approximate surface area is 175 Å². The van der Waals surface area contributed by atoms with Crippen LogP contribution in [-0.4, -0.2) is 44.1 Å². The largest absolute Gasteiger partial charge is 0.377 e. The van der Waals surface area contributed by atoms with Crippen LogP contribution in [0.3, 0.4) is 0 Å². The zero-order valence-electron chi connectivity index (χ0n) is 17.7. The highest BCUT2D eigenvalue weighted by molar-refractivity contribution is 5.79. The molecule has 0 amide bonds. The highest BCUT2D eigenvalue weighted by atomic mass is 16.5. The molecule has 29 heavy (non-hydrogen) atoms. The van der Waals surface area contributed by atoms with Crippen molar-refractivity contribution in [3.8, 4) is 0 Å². The van der Waals surface area contributed by atoms with E-state index in [1.807, 2.05) is 14.0 Å². The summed E-state index contributed by atoms with van der Waals surface area (Å²) in [7, 11) is 1.83. The van der Waals surface area contributed by atoms with Crippen LogP contribution >= 0.6 is 0 Å². The van der Waals surface area contributed by atoms with Crippen LogP contribution in [0.5, 0.6) is 0 Å². The van der Waals surface area contributed by atoms with Crippen molar-refractivity contribution < 1.29 is 4.74 Å². The van der Waals surface area contributed by atoms with Crippen LogP contribution in [0, 0.1) is 0 Å². The average molecular weight is 395 g/mol. The second-order valence-electron chi connectivity index (χ2n) is 7.43. The van der Waals surface area contributed by atoms with Crippen LogP contribution in [0.4, 0.5) is 0 Å². The molecule has 1 aliphatic rings. The highest BCUT2D eigenvalue weighted by Gasteiger charge is 2.23. The van der Waals surface area contributed by atoms with E-state index in [1.165, 1.54) is 42.6 Å².